The standard InChI is InChI=1S/C15H19NO3/c17-15(13-4-6-19-14(13)10-1-2-10)16-7-12(8-16)11-3-5-18-9-11/h4,6,10-12H,1-3,5,7-9H2. The Hall–Kier alpha value is -1.29. The molecule has 0 N–H and O–H groups in total. The molecule has 0 aromatic carbocycles. The van der Waals surface area contributed by atoms with Crippen molar-refractivity contribution in [2.24, 2.45) is 11.8 Å². The summed E-state index contributed by atoms with van der Waals surface area (Å²) in [5.41, 5.74) is 0.795. The predicted molar refractivity (Wildman–Crippen MR) is 69.0 cm³/mol. The summed E-state index contributed by atoms with van der Waals surface area (Å²) in [6.45, 7) is 3.55. The van der Waals surface area contributed by atoms with Gasteiger partial charge in [-0.25, -0.2) is 0 Å². The first-order chi connectivity index (χ1) is 9.33. The third kappa shape index (κ3) is 1.98. The summed E-state index contributed by atoms with van der Waals surface area (Å²) in [5.74, 6) is 2.87. The van der Waals surface area contributed by atoms with Crippen LogP contribution in [0.25, 0.3) is 0 Å². The van der Waals surface area contributed by atoms with Crippen molar-refractivity contribution in [3.8, 4) is 0 Å². The van der Waals surface area contributed by atoms with E-state index in [0.717, 1.165) is 56.9 Å². The van der Waals surface area contributed by atoms with E-state index in [1.54, 1.807) is 6.26 Å². The normalized spacial score (nSPS) is 27.6. The summed E-state index contributed by atoms with van der Waals surface area (Å²) in [5, 5.41) is 0. The van der Waals surface area contributed by atoms with Gasteiger partial charge in [-0.2, -0.15) is 0 Å². The maximum Gasteiger partial charge on any atom is 0.257 e. The van der Waals surface area contributed by atoms with Gasteiger partial charge in [0, 0.05) is 32.2 Å². The Morgan fingerprint density at radius 1 is 1.21 bits per heavy atom. The molecule has 3 aliphatic rings. The van der Waals surface area contributed by atoms with Crippen LogP contribution in [0.15, 0.2) is 16.7 Å². The Balaban J connectivity index is 1.40. The van der Waals surface area contributed by atoms with Crippen LogP contribution < -0.4 is 0 Å². The molecule has 2 aliphatic heterocycles. The fraction of sp³-hybridized carbons (Fsp3) is 0.667. The third-order valence-corrected chi connectivity index (χ3v) is 4.70. The fourth-order valence-electron chi connectivity index (χ4n) is 3.23. The first-order valence-electron chi connectivity index (χ1n) is 7.27. The summed E-state index contributed by atoms with van der Waals surface area (Å²) in [4.78, 5) is 14.4. The highest BCUT2D eigenvalue weighted by Crippen LogP contribution is 2.42. The molecule has 3 fully saturated rings. The molecule has 0 spiro atoms. The number of amides is 1. The highest BCUT2D eigenvalue weighted by molar-refractivity contribution is 5.96. The van der Waals surface area contributed by atoms with Crippen LogP contribution in [0.1, 0.15) is 41.3 Å². The van der Waals surface area contributed by atoms with Gasteiger partial charge in [0.1, 0.15) is 5.76 Å². The van der Waals surface area contributed by atoms with Gasteiger partial charge in [-0.15, -0.1) is 0 Å². The van der Waals surface area contributed by atoms with Crippen molar-refractivity contribution in [2.75, 3.05) is 26.3 Å². The number of rotatable bonds is 3. The Morgan fingerprint density at radius 3 is 2.74 bits per heavy atom. The van der Waals surface area contributed by atoms with E-state index < -0.39 is 0 Å². The molecule has 19 heavy (non-hydrogen) atoms. The molecular formula is C15H19NO3. The Labute approximate surface area is 112 Å². The van der Waals surface area contributed by atoms with Crippen LogP contribution in [0.5, 0.6) is 0 Å². The Bertz CT molecular complexity index is 479. The lowest BCUT2D eigenvalue weighted by atomic mass is 9.85. The predicted octanol–water partition coefficient (Wildman–Crippen LogP) is 2.27. The summed E-state index contributed by atoms with van der Waals surface area (Å²) in [6.07, 6.45) is 5.14. The molecular weight excluding hydrogens is 242 g/mol. The van der Waals surface area contributed by atoms with Crippen LogP contribution in [0, 0.1) is 11.8 Å². The summed E-state index contributed by atoms with van der Waals surface area (Å²) in [6, 6.07) is 1.84. The van der Waals surface area contributed by atoms with E-state index in [9.17, 15) is 4.79 Å². The molecule has 1 aromatic rings. The average molecular weight is 261 g/mol. The summed E-state index contributed by atoms with van der Waals surface area (Å²) in [7, 11) is 0. The monoisotopic (exact) mass is 261 g/mol. The second-order valence-corrected chi connectivity index (χ2v) is 6.07. The molecule has 4 heteroatoms. The van der Waals surface area contributed by atoms with Crippen LogP contribution in [-0.4, -0.2) is 37.1 Å². The molecule has 1 unspecified atom stereocenters. The Kier molecular flexibility index (Phi) is 2.65. The first kappa shape index (κ1) is 11.5. The van der Waals surface area contributed by atoms with Gasteiger partial charge in [0.25, 0.3) is 5.91 Å². The van der Waals surface area contributed by atoms with Crippen molar-refractivity contribution < 1.29 is 13.9 Å². The molecule has 4 nitrogen and oxygen atoms in total. The number of nitrogens with zero attached hydrogens (tertiary/aromatic N) is 1. The zero-order chi connectivity index (χ0) is 12.8. The van der Waals surface area contributed by atoms with Gasteiger partial charge in [-0.3, -0.25) is 4.79 Å². The number of carbonyl (C=O) groups excluding carboxylic acids is 1. The van der Waals surface area contributed by atoms with Crippen molar-refractivity contribution in [2.45, 2.75) is 25.2 Å². The summed E-state index contributed by atoms with van der Waals surface area (Å²) < 4.78 is 10.9. The van der Waals surface area contributed by atoms with Crippen LogP contribution in [0.4, 0.5) is 0 Å². The fourth-order valence-corrected chi connectivity index (χ4v) is 3.23. The number of likely N-dealkylation sites (tertiary alicyclic amines) is 1. The first-order valence-corrected chi connectivity index (χ1v) is 7.27. The van der Waals surface area contributed by atoms with Gasteiger partial charge in [0.05, 0.1) is 11.8 Å². The van der Waals surface area contributed by atoms with Gasteiger partial charge in [-0.1, -0.05) is 0 Å². The minimum Gasteiger partial charge on any atom is -0.468 e. The minimum absolute atomic E-state index is 0.158. The average Bonchev–Trinajstić information content (AvgIpc) is 2.90. The van der Waals surface area contributed by atoms with Crippen LogP contribution in [0.2, 0.25) is 0 Å². The molecule has 102 valence electrons. The van der Waals surface area contributed by atoms with Crippen LogP contribution in [-0.2, 0) is 4.74 Å². The molecule has 1 saturated carbocycles. The third-order valence-electron chi connectivity index (χ3n) is 4.70. The van der Waals surface area contributed by atoms with Gasteiger partial charge < -0.3 is 14.1 Å². The molecule has 0 bridgehead atoms. The van der Waals surface area contributed by atoms with Gasteiger partial charge in [0.15, 0.2) is 0 Å². The van der Waals surface area contributed by atoms with Crippen molar-refractivity contribution in [1.82, 2.24) is 4.90 Å². The van der Waals surface area contributed by atoms with Crippen LogP contribution >= 0.6 is 0 Å². The highest BCUT2D eigenvalue weighted by Gasteiger charge is 2.40. The van der Waals surface area contributed by atoms with Crippen molar-refractivity contribution >= 4 is 5.91 Å². The number of furan rings is 1. The summed E-state index contributed by atoms with van der Waals surface area (Å²) >= 11 is 0. The zero-order valence-electron chi connectivity index (χ0n) is 11.0. The molecule has 4 rings (SSSR count). The van der Waals surface area contributed by atoms with Crippen molar-refractivity contribution in [1.29, 1.82) is 0 Å². The van der Waals surface area contributed by atoms with E-state index in [2.05, 4.69) is 0 Å². The molecule has 3 heterocycles. The smallest absolute Gasteiger partial charge is 0.257 e. The number of ether oxygens (including phenoxy) is 1. The molecule has 0 radical (unpaired) electrons. The quantitative estimate of drug-likeness (QED) is 0.838. The zero-order valence-corrected chi connectivity index (χ0v) is 11.0. The molecule has 1 amide bonds. The van der Waals surface area contributed by atoms with E-state index in [-0.39, 0.29) is 5.91 Å². The lowest BCUT2D eigenvalue weighted by Crippen LogP contribution is -2.52. The second-order valence-electron chi connectivity index (χ2n) is 6.07. The van der Waals surface area contributed by atoms with E-state index in [1.165, 1.54) is 0 Å². The largest absolute Gasteiger partial charge is 0.468 e. The highest BCUT2D eigenvalue weighted by atomic mass is 16.5. The van der Waals surface area contributed by atoms with Gasteiger partial charge >= 0.3 is 0 Å². The van der Waals surface area contributed by atoms with E-state index in [4.69, 9.17) is 9.15 Å². The van der Waals surface area contributed by atoms with Gasteiger partial charge in [-0.05, 0) is 37.2 Å². The van der Waals surface area contributed by atoms with E-state index in [1.807, 2.05) is 11.0 Å². The van der Waals surface area contributed by atoms with E-state index in [0.29, 0.717) is 17.8 Å². The minimum atomic E-state index is 0.158. The lowest BCUT2D eigenvalue weighted by Gasteiger charge is -2.42. The molecule has 1 atom stereocenters. The maximum absolute atomic E-state index is 12.4. The van der Waals surface area contributed by atoms with Crippen LogP contribution in [0.3, 0.4) is 0 Å². The van der Waals surface area contributed by atoms with Crippen molar-refractivity contribution in [3.05, 3.63) is 23.7 Å². The number of hydrogen-bond acceptors (Lipinski definition) is 3. The molecule has 1 aromatic heterocycles. The van der Waals surface area contributed by atoms with Crippen molar-refractivity contribution in [3.63, 3.8) is 0 Å². The van der Waals surface area contributed by atoms with E-state index >= 15 is 0 Å². The van der Waals surface area contributed by atoms with Gasteiger partial charge in [0.2, 0.25) is 0 Å². The maximum atomic E-state index is 12.4. The molecule has 1 aliphatic carbocycles. The molecule has 2 saturated heterocycles. The Morgan fingerprint density at radius 2 is 2.05 bits per heavy atom. The second kappa shape index (κ2) is 4.37. The SMILES string of the molecule is O=C(c1ccoc1C1CC1)N1CC(C2CCOC2)C1. The lowest BCUT2D eigenvalue weighted by molar-refractivity contribution is 0.0340. The topological polar surface area (TPSA) is 42.7 Å². The number of carbonyl (C=O) groups is 1. The number of hydrogen-bond donors (Lipinski definition) is 0.